The average molecular weight is 338 g/mol. The number of aromatic amines is 1. The predicted molar refractivity (Wildman–Crippen MR) is 95.1 cm³/mol. The number of fused-ring (bicyclic) bond motifs is 1. The number of nitrogens with two attached hydrogens (primary N) is 1. The van der Waals surface area contributed by atoms with Crippen molar-refractivity contribution in [1.82, 2.24) is 19.9 Å². The van der Waals surface area contributed by atoms with E-state index in [1.807, 2.05) is 12.1 Å². The van der Waals surface area contributed by atoms with Crippen LogP contribution in [0.15, 0.2) is 35.5 Å². The first-order valence-corrected chi connectivity index (χ1v) is 8.17. The Balaban J connectivity index is 1.86. The molecule has 1 fully saturated rings. The van der Waals surface area contributed by atoms with Crippen LogP contribution in [-0.4, -0.2) is 37.2 Å². The second-order valence-electron chi connectivity index (χ2n) is 6.21. The number of aromatic nitrogens is 4. The summed E-state index contributed by atoms with van der Waals surface area (Å²) in [6.45, 7) is 0. The first-order valence-electron chi connectivity index (χ1n) is 8.17. The van der Waals surface area contributed by atoms with Crippen LogP contribution in [0.5, 0.6) is 0 Å². The maximum absolute atomic E-state index is 12.3. The van der Waals surface area contributed by atoms with Gasteiger partial charge < -0.3 is 21.1 Å². The van der Waals surface area contributed by atoms with Gasteiger partial charge in [-0.15, -0.1) is 0 Å². The van der Waals surface area contributed by atoms with Crippen molar-refractivity contribution in [2.75, 3.05) is 11.1 Å². The van der Waals surface area contributed by atoms with Gasteiger partial charge >= 0.3 is 0 Å². The minimum atomic E-state index is -0.442. The summed E-state index contributed by atoms with van der Waals surface area (Å²) < 4.78 is 0. The van der Waals surface area contributed by atoms with E-state index in [-0.39, 0.29) is 17.5 Å². The SMILES string of the molecule is Nc1ncc(-c2cc3cc[nH]c(=O)c3c(NC3CCCC3O)n2)cn1. The Morgan fingerprint density at radius 1 is 1.28 bits per heavy atom. The fourth-order valence-corrected chi connectivity index (χ4v) is 3.22. The summed E-state index contributed by atoms with van der Waals surface area (Å²) in [6.07, 6.45) is 6.88. The molecule has 0 amide bonds. The zero-order chi connectivity index (χ0) is 17.4. The molecule has 2 atom stereocenters. The summed E-state index contributed by atoms with van der Waals surface area (Å²) in [5.74, 6) is 0.644. The normalized spacial score (nSPS) is 20.0. The van der Waals surface area contributed by atoms with Crippen LogP contribution in [-0.2, 0) is 0 Å². The van der Waals surface area contributed by atoms with Crippen LogP contribution in [0, 0.1) is 0 Å². The van der Waals surface area contributed by atoms with Crippen LogP contribution in [0.4, 0.5) is 11.8 Å². The molecule has 1 aliphatic carbocycles. The number of hydrogen-bond donors (Lipinski definition) is 4. The van der Waals surface area contributed by atoms with Crippen LogP contribution in [0.3, 0.4) is 0 Å². The number of aliphatic hydroxyl groups is 1. The molecule has 0 aliphatic heterocycles. The van der Waals surface area contributed by atoms with Gasteiger partial charge in [0.1, 0.15) is 5.82 Å². The van der Waals surface area contributed by atoms with Gasteiger partial charge in [-0.05, 0) is 36.8 Å². The van der Waals surface area contributed by atoms with E-state index in [1.165, 1.54) is 0 Å². The van der Waals surface area contributed by atoms with Crippen molar-refractivity contribution >= 4 is 22.5 Å². The highest BCUT2D eigenvalue weighted by molar-refractivity contribution is 5.93. The Hall–Kier alpha value is -3.00. The number of nitrogens with one attached hydrogen (secondary N) is 2. The monoisotopic (exact) mass is 338 g/mol. The van der Waals surface area contributed by atoms with Crippen molar-refractivity contribution in [3.8, 4) is 11.3 Å². The van der Waals surface area contributed by atoms with Crippen LogP contribution in [0.1, 0.15) is 19.3 Å². The molecule has 0 saturated heterocycles. The topological polar surface area (TPSA) is 130 Å². The number of nitrogens with zero attached hydrogens (tertiary/aromatic N) is 3. The molecule has 5 N–H and O–H groups in total. The highest BCUT2D eigenvalue weighted by Crippen LogP contribution is 2.28. The molecule has 0 aromatic carbocycles. The van der Waals surface area contributed by atoms with Gasteiger partial charge in [-0.2, -0.15) is 0 Å². The first-order chi connectivity index (χ1) is 12.1. The molecule has 128 valence electrons. The van der Waals surface area contributed by atoms with Crippen LogP contribution in [0.2, 0.25) is 0 Å². The Bertz CT molecular complexity index is 969. The van der Waals surface area contributed by atoms with Gasteiger partial charge in [-0.1, -0.05) is 0 Å². The average Bonchev–Trinajstić information content (AvgIpc) is 3.00. The lowest BCUT2D eigenvalue weighted by atomic mass is 10.1. The first kappa shape index (κ1) is 15.5. The zero-order valence-electron chi connectivity index (χ0n) is 13.4. The summed E-state index contributed by atoms with van der Waals surface area (Å²) >= 11 is 0. The predicted octanol–water partition coefficient (Wildman–Crippen LogP) is 1.29. The van der Waals surface area contributed by atoms with Gasteiger partial charge in [0, 0.05) is 24.2 Å². The van der Waals surface area contributed by atoms with E-state index in [9.17, 15) is 9.90 Å². The third-order valence-corrected chi connectivity index (χ3v) is 4.52. The molecular formula is C17H18N6O2. The summed E-state index contributed by atoms with van der Waals surface area (Å²) in [7, 11) is 0. The second-order valence-corrected chi connectivity index (χ2v) is 6.21. The molecule has 3 aromatic heterocycles. The largest absolute Gasteiger partial charge is 0.391 e. The van der Waals surface area contributed by atoms with Crippen molar-refractivity contribution < 1.29 is 5.11 Å². The molecule has 2 unspecified atom stereocenters. The third-order valence-electron chi connectivity index (χ3n) is 4.52. The van der Waals surface area contributed by atoms with E-state index in [0.717, 1.165) is 24.6 Å². The lowest BCUT2D eigenvalue weighted by molar-refractivity contribution is 0.171. The molecule has 0 radical (unpaired) electrons. The van der Waals surface area contributed by atoms with Gasteiger partial charge in [0.05, 0.1) is 23.2 Å². The van der Waals surface area contributed by atoms with Crippen LogP contribution >= 0.6 is 0 Å². The molecule has 25 heavy (non-hydrogen) atoms. The second kappa shape index (κ2) is 6.14. The number of hydrogen-bond acceptors (Lipinski definition) is 7. The standard InChI is InChI=1S/C17H18N6O2/c18-17-20-7-10(8-21-17)12-6-9-4-5-19-16(25)14(9)15(23-12)22-11-2-1-3-13(11)24/h4-8,11,13,24H,1-3H2,(H,19,25)(H,22,23)(H2,18,20,21). The summed E-state index contributed by atoms with van der Waals surface area (Å²) in [5, 5.41) is 14.6. The fourth-order valence-electron chi connectivity index (χ4n) is 3.22. The number of nitrogen functional groups attached to an aromatic ring is 1. The van der Waals surface area contributed by atoms with Crippen LogP contribution < -0.4 is 16.6 Å². The molecular weight excluding hydrogens is 320 g/mol. The number of pyridine rings is 2. The van der Waals surface area contributed by atoms with Gasteiger partial charge in [-0.25, -0.2) is 15.0 Å². The van der Waals surface area contributed by atoms with E-state index in [0.29, 0.717) is 22.5 Å². The van der Waals surface area contributed by atoms with Gasteiger partial charge in [0.2, 0.25) is 5.95 Å². The molecule has 3 heterocycles. The van der Waals surface area contributed by atoms with Gasteiger partial charge in [-0.3, -0.25) is 4.79 Å². The van der Waals surface area contributed by atoms with E-state index in [2.05, 4.69) is 25.3 Å². The molecule has 4 rings (SSSR count). The van der Waals surface area contributed by atoms with E-state index in [4.69, 9.17) is 5.73 Å². The zero-order valence-corrected chi connectivity index (χ0v) is 13.4. The smallest absolute Gasteiger partial charge is 0.259 e. The number of rotatable bonds is 3. The van der Waals surface area contributed by atoms with Crippen molar-refractivity contribution in [3.05, 3.63) is 41.1 Å². The van der Waals surface area contributed by atoms with E-state index < -0.39 is 6.10 Å². The Morgan fingerprint density at radius 2 is 2.08 bits per heavy atom. The molecule has 1 saturated carbocycles. The van der Waals surface area contributed by atoms with Gasteiger partial charge in [0.15, 0.2) is 0 Å². The van der Waals surface area contributed by atoms with Crippen molar-refractivity contribution in [2.24, 2.45) is 0 Å². The number of anilines is 2. The molecule has 8 heteroatoms. The van der Waals surface area contributed by atoms with E-state index in [1.54, 1.807) is 18.6 Å². The fraction of sp³-hybridized carbons (Fsp3) is 0.294. The summed E-state index contributed by atoms with van der Waals surface area (Å²) in [6, 6.07) is 3.51. The maximum Gasteiger partial charge on any atom is 0.259 e. The Kier molecular flexibility index (Phi) is 3.81. The number of H-pyrrole nitrogens is 1. The molecule has 0 spiro atoms. The lowest BCUT2D eigenvalue weighted by Crippen LogP contribution is -2.29. The van der Waals surface area contributed by atoms with Crippen molar-refractivity contribution in [1.29, 1.82) is 0 Å². The van der Waals surface area contributed by atoms with Crippen molar-refractivity contribution in [3.63, 3.8) is 0 Å². The van der Waals surface area contributed by atoms with Gasteiger partial charge in [0.25, 0.3) is 5.56 Å². The molecule has 1 aliphatic rings. The highest BCUT2D eigenvalue weighted by atomic mass is 16.3. The molecule has 0 bridgehead atoms. The summed E-state index contributed by atoms with van der Waals surface area (Å²) in [4.78, 5) is 27.6. The summed E-state index contributed by atoms with van der Waals surface area (Å²) in [5.41, 5.74) is 6.65. The quantitative estimate of drug-likeness (QED) is 0.566. The third kappa shape index (κ3) is 2.91. The molecule has 8 nitrogen and oxygen atoms in total. The Morgan fingerprint density at radius 3 is 2.80 bits per heavy atom. The Labute approximate surface area is 143 Å². The highest BCUT2D eigenvalue weighted by Gasteiger charge is 2.26. The number of aliphatic hydroxyl groups excluding tert-OH is 1. The lowest BCUT2D eigenvalue weighted by Gasteiger charge is -2.19. The van der Waals surface area contributed by atoms with Crippen molar-refractivity contribution in [2.45, 2.75) is 31.4 Å². The van der Waals surface area contributed by atoms with E-state index >= 15 is 0 Å². The minimum absolute atomic E-state index is 0.117. The molecule has 3 aromatic rings. The van der Waals surface area contributed by atoms with Crippen LogP contribution in [0.25, 0.3) is 22.0 Å². The maximum atomic E-state index is 12.3. The minimum Gasteiger partial charge on any atom is -0.391 e.